The Morgan fingerprint density at radius 3 is 0.361 bits per heavy atom. The zero-order chi connectivity index (χ0) is 42.5. The Bertz CT molecular complexity index is 593. The first-order valence-corrected chi connectivity index (χ1v) is 25.2. The third-order valence-corrected chi connectivity index (χ3v) is 11.8. The molecule has 0 spiro atoms. The molecule has 0 aliphatic rings. The van der Waals surface area contributed by atoms with Crippen molar-refractivity contribution in [2.75, 3.05) is 78.5 Å². The number of carboxylic acids is 1. The summed E-state index contributed by atoms with van der Waals surface area (Å²) in [7, 11) is 0. The van der Waals surface area contributed by atoms with Crippen LogP contribution >= 0.6 is 0 Å². The quantitative estimate of drug-likeness (QED) is 0.0552. The molecule has 0 bridgehead atoms. The third-order valence-electron chi connectivity index (χ3n) is 11.8. The van der Waals surface area contributed by atoms with Crippen molar-refractivity contribution in [2.24, 2.45) is 0 Å². The summed E-state index contributed by atoms with van der Waals surface area (Å²) in [5, 5.41) is 8.89. The summed E-state index contributed by atoms with van der Waals surface area (Å²) in [5.41, 5.74) is 0. The number of aliphatic carboxylic acids is 1. The number of nitrogens with zero attached hydrogens (tertiary/aromatic N) is 3. The molecule has 0 aromatic heterocycles. The maximum absolute atomic E-state index is 8.89. The number of unbranched alkanes of at least 4 members (excludes halogenated alkanes) is 12. The van der Waals surface area contributed by atoms with Crippen LogP contribution in [0, 0.1) is 0 Å². The molecule has 0 amide bonds. The molecule has 0 fully saturated rings. The van der Waals surface area contributed by atoms with Gasteiger partial charge in [0.15, 0.2) is 0 Å². The zero-order valence-corrected chi connectivity index (χ0v) is 54.8. The molecule has 0 saturated heterocycles. The average Bonchev–Trinajstić information content (AvgIpc) is 3.19. The normalized spacial score (nSPS) is 8.85. The summed E-state index contributed by atoms with van der Waals surface area (Å²) in [4.78, 5) is 8.89. The minimum absolute atomic E-state index is 0. The second kappa shape index (κ2) is 108. The second-order valence-electron chi connectivity index (χ2n) is 17.4. The van der Waals surface area contributed by atoms with Gasteiger partial charge in [0, 0.05) is 61.6 Å². The van der Waals surface area contributed by atoms with Crippen LogP contribution in [0.3, 0.4) is 0 Å². The van der Waals surface area contributed by atoms with Gasteiger partial charge in [0.2, 0.25) is 0 Å². The summed E-state index contributed by atoms with van der Waals surface area (Å²) in [6, 6.07) is 0. The molecule has 0 atom stereocenters. The van der Waals surface area contributed by atoms with E-state index in [1.807, 2.05) is 0 Å². The predicted octanol–water partition coefficient (Wildman–Crippen LogP) is 12.3. The second-order valence-corrected chi connectivity index (χ2v) is 17.4. The van der Waals surface area contributed by atoms with E-state index in [1.165, 1.54) is 246 Å². The van der Waals surface area contributed by atoms with E-state index in [4.69, 9.17) is 9.90 Å². The van der Waals surface area contributed by atoms with Gasteiger partial charge < -0.3 is 89.1 Å². The van der Waals surface area contributed by atoms with E-state index in [-0.39, 0.29) is 157 Å². The van der Waals surface area contributed by atoms with Crippen molar-refractivity contribution in [3.63, 3.8) is 0 Å². The standard InChI is InChI=1S/3C16H36N.C2H4O2.Co.12O.4V/c3*1-5-9-13-17(14-10-6-2,15-11-7-3)16-12-8-4;1-2(3)4;;;;;;;;;;;;;;;;;/h3*5-16H2,1-4H3;1H3,(H,3,4);;;;;;;;;;;;;;;;;/q3*+1;;+3;12*-2;;;;+4/p-1. The Morgan fingerprint density at radius 2 is 0.319 bits per heavy atom. The Morgan fingerprint density at radius 1 is 0.264 bits per heavy atom. The maximum atomic E-state index is 8.89. The molecule has 0 N–H and O–H groups in total. The minimum atomic E-state index is -1.08. The van der Waals surface area contributed by atoms with Crippen LogP contribution in [0.15, 0.2) is 0 Å². The Hall–Kier alpha value is 1.71. The first-order chi connectivity index (χ1) is 26.5. The van der Waals surface area contributed by atoms with Crippen molar-refractivity contribution in [1.29, 1.82) is 0 Å². The Balaban J connectivity index is -0.0000000246. The predicted molar refractivity (Wildman–Crippen MR) is 257 cm³/mol. The van der Waals surface area contributed by atoms with Crippen molar-refractivity contribution in [2.45, 2.75) is 244 Å². The fraction of sp³-hybridized carbons (Fsp3) is 0.980. The number of carbonyl (C=O) groups is 1. The number of quaternary nitrogens is 3. The van der Waals surface area contributed by atoms with Gasteiger partial charge in [0.1, 0.15) is 0 Å². The molecule has 0 heterocycles. The molecule has 72 heavy (non-hydrogen) atoms. The molecule has 0 unspecified atom stereocenters. The number of rotatable bonds is 36. The van der Waals surface area contributed by atoms with Crippen LogP contribution in [-0.2, 0) is 162 Å². The summed E-state index contributed by atoms with van der Waals surface area (Å²) in [6.07, 6.45) is 33.2. The van der Waals surface area contributed by atoms with Crippen LogP contribution in [0.4, 0.5) is 0 Å². The minimum Gasteiger partial charge on any atom is -2.00 e. The molecule has 0 aromatic rings. The molecule has 454 valence electrons. The van der Waals surface area contributed by atoms with Gasteiger partial charge in [-0.15, -0.1) is 0 Å². The first kappa shape index (κ1) is 140. The summed E-state index contributed by atoms with van der Waals surface area (Å²) in [5.74, 6) is -1.08. The molecule has 0 aliphatic carbocycles. The number of carboxylic acid groups (broad SMARTS) is 1. The van der Waals surface area contributed by atoms with Gasteiger partial charge in [-0.25, -0.2) is 0 Å². The van der Waals surface area contributed by atoms with Gasteiger partial charge in [-0.2, -0.15) is 0 Å². The molecule has 0 rings (SSSR count). The van der Waals surface area contributed by atoms with Crippen LogP contribution < -0.4 is 5.11 Å². The van der Waals surface area contributed by atoms with Gasteiger partial charge in [-0.05, 0) is 84.0 Å². The molecule has 0 aromatic carbocycles. The van der Waals surface area contributed by atoms with E-state index in [2.05, 4.69) is 83.1 Å². The van der Waals surface area contributed by atoms with Crippen molar-refractivity contribution in [1.82, 2.24) is 0 Å². The largest absolute Gasteiger partial charge is 4.00 e. The van der Waals surface area contributed by atoms with Crippen LogP contribution in [0.25, 0.3) is 0 Å². The fourth-order valence-corrected chi connectivity index (χ4v) is 7.93. The number of hydrogen-bond acceptors (Lipinski definition) is 2. The molecule has 4 radical (unpaired) electrons. The maximum Gasteiger partial charge on any atom is 4.00 e. The monoisotopic (exact) mass is 1240 g/mol. The van der Waals surface area contributed by atoms with Crippen molar-refractivity contribution in [3.8, 4) is 0 Å². The van der Waals surface area contributed by atoms with E-state index in [0.29, 0.717) is 0 Å². The van der Waals surface area contributed by atoms with Gasteiger partial charge in [0.05, 0.1) is 78.5 Å². The van der Waals surface area contributed by atoms with Crippen LogP contribution in [-0.4, -0.2) is 98.0 Å². The Kier molecular flexibility index (Phi) is 211. The first-order valence-electron chi connectivity index (χ1n) is 25.2. The van der Waals surface area contributed by atoms with Crippen LogP contribution in [0.1, 0.15) is 244 Å². The summed E-state index contributed by atoms with van der Waals surface area (Å²) < 4.78 is 4.26. The molecule has 17 nitrogen and oxygen atoms in total. The van der Waals surface area contributed by atoms with Crippen LogP contribution in [0.5, 0.6) is 0 Å². The van der Waals surface area contributed by atoms with Crippen LogP contribution in [0.2, 0.25) is 0 Å². The topological polar surface area (TPSA) is 382 Å². The zero-order valence-electron chi connectivity index (χ0n) is 48.1. The molecule has 0 saturated carbocycles. The Labute approximate surface area is 505 Å². The van der Waals surface area contributed by atoms with E-state index in [9.17, 15) is 0 Å². The van der Waals surface area contributed by atoms with E-state index < -0.39 is 5.97 Å². The fourth-order valence-electron chi connectivity index (χ4n) is 7.93. The van der Waals surface area contributed by atoms with Gasteiger partial charge in [-0.3, -0.25) is 0 Å². The molecular weight excluding hydrogens is 1130 g/mol. The van der Waals surface area contributed by atoms with E-state index in [1.54, 1.807) is 0 Å². The van der Waals surface area contributed by atoms with Gasteiger partial charge in [-0.1, -0.05) is 160 Å². The van der Waals surface area contributed by atoms with Crippen molar-refractivity contribution in [3.05, 3.63) is 0 Å². The summed E-state index contributed by atoms with van der Waals surface area (Å²) >= 11 is 0. The van der Waals surface area contributed by atoms with Gasteiger partial charge >= 0.3 is 35.3 Å². The summed E-state index contributed by atoms with van der Waals surface area (Å²) in [6.45, 7) is 46.0. The van der Waals surface area contributed by atoms with Gasteiger partial charge in [0.25, 0.3) is 0 Å². The third kappa shape index (κ3) is 94.2. The number of carbonyl (C=O) groups excluding carboxylic acids is 1. The van der Waals surface area contributed by atoms with E-state index in [0.717, 1.165) is 6.92 Å². The SMILES string of the molecule is CC(=O)[O-].CCCC[N+](CCCC)(CCCC)CCCC.CCCC[N+](CCCC)(CCCC)CCCC.CCCC[N+](CCCC)(CCCC)CCCC.[Co+3].[O-2].[O-2].[O-2].[O-2].[O-2].[O-2].[O-2].[O-2].[O-2].[O-2].[O-2].[O-2].[V+4].[V].[V].[V]. The number of hydrogen-bond donors (Lipinski definition) is 0. The molecular formula is C50H111CoN3O14V4-15. The van der Waals surface area contributed by atoms with E-state index >= 15 is 0 Å². The average molecular weight is 1240 g/mol. The van der Waals surface area contributed by atoms with Crippen molar-refractivity contribution >= 4 is 5.97 Å². The smallest absolute Gasteiger partial charge is 2.00 e. The molecule has 22 heteroatoms. The van der Waals surface area contributed by atoms with Crippen molar-refractivity contribution < 1.29 is 180 Å². The molecule has 0 aliphatic heterocycles.